The average molecular weight is 691 g/mol. The molecule has 4 amide bonds. The Kier molecular flexibility index (Phi) is 10.2. The van der Waals surface area contributed by atoms with Crippen molar-refractivity contribution in [1.29, 1.82) is 0 Å². The third-order valence-electron chi connectivity index (χ3n) is 8.87. The lowest BCUT2D eigenvalue weighted by Gasteiger charge is -2.30. The van der Waals surface area contributed by atoms with Crippen molar-refractivity contribution in [3.63, 3.8) is 0 Å². The number of hydrogen-bond acceptors (Lipinski definition) is 9. The monoisotopic (exact) mass is 690 g/mol. The van der Waals surface area contributed by atoms with Gasteiger partial charge in [0.25, 0.3) is 5.91 Å². The Balaban J connectivity index is 1.43. The number of ether oxygens (including phenoxy) is 2. The smallest absolute Gasteiger partial charge is 0.408 e. The van der Waals surface area contributed by atoms with E-state index in [1.54, 1.807) is 26.8 Å². The molecule has 1 saturated heterocycles. The van der Waals surface area contributed by atoms with Crippen LogP contribution in [0.4, 0.5) is 9.18 Å². The molecule has 5 atom stereocenters. The molecule has 2 aliphatic carbocycles. The minimum atomic E-state index is -3.92. The maximum absolute atomic E-state index is 14.1. The first-order valence-corrected chi connectivity index (χ1v) is 17.9. The predicted molar refractivity (Wildman–Crippen MR) is 170 cm³/mol. The number of nitrogens with zero attached hydrogens (tertiary/aromatic N) is 1. The molecule has 0 bridgehead atoms. The molecule has 1 aromatic carbocycles. The fraction of sp³-hybridized carbons (Fsp3) is 0.606. The van der Waals surface area contributed by atoms with E-state index >= 15 is 0 Å². The number of benzene rings is 1. The minimum Gasteiger partial charge on any atom is -0.457 e. The fourth-order valence-electron chi connectivity index (χ4n) is 6.13. The molecule has 13 nitrogen and oxygen atoms in total. The molecule has 48 heavy (non-hydrogen) atoms. The maximum Gasteiger partial charge on any atom is 0.408 e. The summed E-state index contributed by atoms with van der Waals surface area (Å²) in [6, 6.07) is 2.58. The second-order valence-electron chi connectivity index (χ2n) is 14.0. The first kappa shape index (κ1) is 35.3. The lowest BCUT2D eigenvalue weighted by atomic mass is 10.0. The van der Waals surface area contributed by atoms with Gasteiger partial charge >= 0.3 is 12.1 Å². The standard InChI is InChI=1S/C33H43FN4O9S/c1-32(2,3)47-31(43)35-25-13-8-6-4-5-7-11-21-18-33(21,30(42)37-48(44,45)24-14-15-24)36-27(39)26-17-23(19-38(26)28(25)40)46-29(41)20-10-9-12-22(34)16-20/h7,9-12,16,21,23-26H,4-6,8,13-15,17-19H2,1-3H3,(H,35,43)(H,36,39)(H,37,42)/t21-,23-,25+,26+,33-/m1/s1. The van der Waals surface area contributed by atoms with E-state index in [1.807, 2.05) is 6.08 Å². The Hall–Kier alpha value is -4.01. The van der Waals surface area contributed by atoms with Crippen LogP contribution in [0, 0.1) is 11.7 Å². The summed E-state index contributed by atoms with van der Waals surface area (Å²) in [5.41, 5.74) is -2.46. The Morgan fingerprint density at radius 2 is 1.83 bits per heavy atom. The Morgan fingerprint density at radius 3 is 2.52 bits per heavy atom. The number of fused-ring (bicyclic) bond motifs is 2. The molecule has 262 valence electrons. The van der Waals surface area contributed by atoms with Crippen LogP contribution in [-0.2, 0) is 33.9 Å². The molecule has 0 spiro atoms. The maximum atomic E-state index is 14.1. The second kappa shape index (κ2) is 13.8. The van der Waals surface area contributed by atoms with Gasteiger partial charge in [0, 0.05) is 12.3 Å². The first-order chi connectivity index (χ1) is 22.6. The first-order valence-electron chi connectivity index (χ1n) is 16.4. The Morgan fingerprint density at radius 1 is 1.08 bits per heavy atom. The number of carbonyl (C=O) groups is 5. The molecule has 1 aromatic rings. The molecule has 15 heteroatoms. The van der Waals surface area contributed by atoms with Gasteiger partial charge < -0.3 is 25.0 Å². The van der Waals surface area contributed by atoms with Crippen LogP contribution < -0.4 is 15.4 Å². The summed E-state index contributed by atoms with van der Waals surface area (Å²) in [6.45, 7) is 4.83. The summed E-state index contributed by atoms with van der Waals surface area (Å²) in [5, 5.41) is 4.73. The molecule has 0 aromatic heterocycles. The van der Waals surface area contributed by atoms with Crippen LogP contribution in [0.1, 0.15) is 88.9 Å². The van der Waals surface area contributed by atoms with E-state index in [0.29, 0.717) is 32.1 Å². The van der Waals surface area contributed by atoms with Crippen molar-refractivity contribution in [2.24, 2.45) is 5.92 Å². The lowest BCUT2D eigenvalue weighted by Crippen LogP contribution is -2.58. The van der Waals surface area contributed by atoms with Gasteiger partial charge in [0.05, 0.1) is 17.4 Å². The highest BCUT2D eigenvalue weighted by molar-refractivity contribution is 7.91. The van der Waals surface area contributed by atoms with Crippen LogP contribution in [0.2, 0.25) is 0 Å². The van der Waals surface area contributed by atoms with Gasteiger partial charge in [0.1, 0.15) is 35.1 Å². The summed E-state index contributed by atoms with van der Waals surface area (Å²) >= 11 is 0. The SMILES string of the molecule is CC(C)(C)OC(=O)N[C@H]1CCCCCC=C[C@@H]2C[C@@]2(C(=O)NS(=O)(=O)C2CC2)NC(=O)[C@@H]2C[C@@H](OC(=O)c3cccc(F)c3)CN2C1=O. The van der Waals surface area contributed by atoms with E-state index in [1.165, 1.54) is 23.1 Å². The number of hydrogen-bond donors (Lipinski definition) is 3. The number of amides is 4. The van der Waals surface area contributed by atoms with Crippen LogP contribution in [-0.4, -0.2) is 84.2 Å². The third-order valence-corrected chi connectivity index (χ3v) is 10.7. The normalized spacial score (nSPS) is 28.1. The van der Waals surface area contributed by atoms with Crippen molar-refractivity contribution in [1.82, 2.24) is 20.3 Å². The van der Waals surface area contributed by atoms with Crippen molar-refractivity contribution in [3.8, 4) is 0 Å². The number of allylic oxidation sites excluding steroid dienone is 1. The fourth-order valence-corrected chi connectivity index (χ4v) is 7.50. The van der Waals surface area contributed by atoms with Crippen LogP contribution in [0.5, 0.6) is 0 Å². The highest BCUT2D eigenvalue weighted by atomic mass is 32.2. The zero-order valence-corrected chi connectivity index (χ0v) is 28.1. The zero-order chi connectivity index (χ0) is 34.9. The number of carbonyl (C=O) groups excluding carboxylic acids is 5. The molecule has 2 saturated carbocycles. The van der Waals surface area contributed by atoms with Crippen LogP contribution >= 0.6 is 0 Å². The van der Waals surface area contributed by atoms with Gasteiger partial charge in [-0.25, -0.2) is 22.4 Å². The molecule has 4 aliphatic rings. The van der Waals surface area contributed by atoms with Crippen molar-refractivity contribution in [2.45, 2.75) is 113 Å². The predicted octanol–water partition coefficient (Wildman–Crippen LogP) is 2.85. The van der Waals surface area contributed by atoms with Gasteiger partial charge in [-0.15, -0.1) is 0 Å². The van der Waals surface area contributed by atoms with E-state index < -0.39 is 86.1 Å². The van der Waals surface area contributed by atoms with Gasteiger partial charge in [0.2, 0.25) is 21.8 Å². The van der Waals surface area contributed by atoms with E-state index in [2.05, 4.69) is 15.4 Å². The number of esters is 1. The molecule has 5 rings (SSSR count). The Labute approximate surface area is 279 Å². The van der Waals surface area contributed by atoms with Crippen molar-refractivity contribution < 1.29 is 46.3 Å². The number of halogens is 1. The van der Waals surface area contributed by atoms with Gasteiger partial charge in [-0.1, -0.05) is 31.1 Å². The topological polar surface area (TPSA) is 177 Å². The number of nitrogens with one attached hydrogen (secondary N) is 3. The minimum absolute atomic E-state index is 0.0557. The van der Waals surface area contributed by atoms with E-state index in [9.17, 15) is 36.8 Å². The lowest BCUT2D eigenvalue weighted by molar-refractivity contribution is -0.141. The van der Waals surface area contributed by atoms with E-state index in [-0.39, 0.29) is 31.4 Å². The second-order valence-corrected chi connectivity index (χ2v) is 16.0. The third kappa shape index (κ3) is 8.52. The van der Waals surface area contributed by atoms with Crippen molar-refractivity contribution in [3.05, 3.63) is 47.8 Å². The number of alkyl carbamates (subject to hydrolysis) is 1. The average Bonchev–Trinajstić information content (AvgIpc) is 3.91. The van der Waals surface area contributed by atoms with Gasteiger partial charge in [0.15, 0.2) is 0 Å². The quantitative estimate of drug-likeness (QED) is 0.299. The van der Waals surface area contributed by atoms with E-state index in [0.717, 1.165) is 12.5 Å². The summed E-state index contributed by atoms with van der Waals surface area (Å²) in [7, 11) is -3.92. The molecule has 3 N–H and O–H groups in total. The zero-order valence-electron chi connectivity index (χ0n) is 27.3. The molecule has 0 unspecified atom stereocenters. The molecule has 2 heterocycles. The number of rotatable bonds is 6. The summed E-state index contributed by atoms with van der Waals surface area (Å²) < 4.78 is 52.3. The molecule has 0 radical (unpaired) electrons. The van der Waals surface area contributed by atoms with Crippen molar-refractivity contribution in [2.75, 3.05) is 6.54 Å². The van der Waals surface area contributed by atoms with Crippen molar-refractivity contribution >= 4 is 39.8 Å². The van der Waals surface area contributed by atoms with Gasteiger partial charge in [-0.3, -0.25) is 19.1 Å². The molecule has 2 aliphatic heterocycles. The largest absolute Gasteiger partial charge is 0.457 e. The highest BCUT2D eigenvalue weighted by Gasteiger charge is 2.62. The summed E-state index contributed by atoms with van der Waals surface area (Å²) in [6.07, 6.45) is 5.72. The molecular weight excluding hydrogens is 647 g/mol. The summed E-state index contributed by atoms with van der Waals surface area (Å²) in [5.74, 6) is -4.18. The highest BCUT2D eigenvalue weighted by Crippen LogP contribution is 2.46. The Bertz CT molecular complexity index is 1590. The van der Waals surface area contributed by atoms with Gasteiger partial charge in [-0.05, 0) is 77.5 Å². The number of sulfonamides is 1. The molecular formula is C33H43FN4O9S. The summed E-state index contributed by atoms with van der Waals surface area (Å²) in [4.78, 5) is 68.6. The van der Waals surface area contributed by atoms with Crippen LogP contribution in [0.3, 0.4) is 0 Å². The van der Waals surface area contributed by atoms with E-state index in [4.69, 9.17) is 9.47 Å². The van der Waals surface area contributed by atoms with Crippen LogP contribution in [0.15, 0.2) is 36.4 Å². The van der Waals surface area contributed by atoms with Gasteiger partial charge in [-0.2, -0.15) is 0 Å². The van der Waals surface area contributed by atoms with Crippen LogP contribution in [0.25, 0.3) is 0 Å². The molecule has 3 fully saturated rings.